The molecule has 0 aliphatic carbocycles. The van der Waals surface area contributed by atoms with Gasteiger partial charge >= 0.3 is 0 Å². The monoisotopic (exact) mass is 628 g/mol. The third-order valence-corrected chi connectivity index (χ3v) is 7.61. The fourth-order valence-electron chi connectivity index (χ4n) is 3.35. The maximum absolute atomic E-state index is 11.9. The average molecular weight is 629 g/mol. The van der Waals surface area contributed by atoms with E-state index < -0.39 is 25.9 Å². The summed E-state index contributed by atoms with van der Waals surface area (Å²) in [4.78, 5) is 23.9. The summed E-state index contributed by atoms with van der Waals surface area (Å²) in [7, 11) is -8.00. The molecule has 3 aromatic carbocycles. The van der Waals surface area contributed by atoms with Crippen molar-refractivity contribution in [3.05, 3.63) is 84.0 Å². The number of amides is 1. The third kappa shape index (κ3) is 7.91. The highest BCUT2D eigenvalue weighted by Gasteiger charge is 2.13. The maximum Gasteiger partial charge on any atom is 0.294 e. The van der Waals surface area contributed by atoms with Crippen molar-refractivity contribution in [1.29, 1.82) is 0 Å². The van der Waals surface area contributed by atoms with Gasteiger partial charge in [-0.1, -0.05) is 12.6 Å². The Bertz CT molecular complexity index is 1920. The first-order valence-electron chi connectivity index (χ1n) is 11.7. The van der Waals surface area contributed by atoms with E-state index in [0.717, 1.165) is 11.5 Å². The zero-order chi connectivity index (χ0) is 30.5. The van der Waals surface area contributed by atoms with Crippen LogP contribution in [0.3, 0.4) is 0 Å². The Morgan fingerprint density at radius 1 is 0.881 bits per heavy atom. The Balaban J connectivity index is 1.56. The topological polar surface area (TPSA) is 205 Å². The lowest BCUT2D eigenvalue weighted by Gasteiger charge is -2.11. The molecule has 4 N–H and O–H groups in total. The van der Waals surface area contributed by atoms with E-state index in [9.17, 15) is 26.2 Å². The van der Waals surface area contributed by atoms with Gasteiger partial charge in [0.15, 0.2) is 9.84 Å². The van der Waals surface area contributed by atoms with Crippen LogP contribution in [0.1, 0.15) is 6.92 Å². The van der Waals surface area contributed by atoms with E-state index in [4.69, 9.17) is 11.6 Å². The number of rotatable bonds is 10. The number of aromatic nitrogens is 3. The highest BCUT2D eigenvalue weighted by atomic mass is 35.5. The molecule has 1 amide bonds. The Hall–Kier alpha value is -4.77. The van der Waals surface area contributed by atoms with Gasteiger partial charge in [0.1, 0.15) is 5.69 Å². The first-order chi connectivity index (χ1) is 19.8. The molecule has 1 aromatic heterocycles. The molecule has 0 unspecified atom stereocenters. The normalized spacial score (nSPS) is 11.7. The van der Waals surface area contributed by atoms with Gasteiger partial charge in [0.05, 0.1) is 21.2 Å². The number of hydrogen-bond donors (Lipinski definition) is 4. The van der Waals surface area contributed by atoms with Crippen molar-refractivity contribution in [3.63, 3.8) is 0 Å². The van der Waals surface area contributed by atoms with Crippen LogP contribution in [0.25, 0.3) is 0 Å². The molecule has 0 saturated carbocycles. The molecule has 0 spiro atoms. The lowest BCUT2D eigenvalue weighted by atomic mass is 10.2. The van der Waals surface area contributed by atoms with Crippen molar-refractivity contribution in [1.82, 2.24) is 15.0 Å². The summed E-state index contributed by atoms with van der Waals surface area (Å²) in [6.07, 6.45) is 0. The van der Waals surface area contributed by atoms with Gasteiger partial charge < -0.3 is 16.0 Å². The van der Waals surface area contributed by atoms with Crippen LogP contribution in [0, 0.1) is 0 Å². The second-order valence-electron chi connectivity index (χ2n) is 8.32. The highest BCUT2D eigenvalue weighted by Crippen LogP contribution is 2.32. The second-order valence-corrected chi connectivity index (χ2v) is 12.0. The van der Waals surface area contributed by atoms with Gasteiger partial charge in [-0.3, -0.25) is 9.35 Å². The molecule has 216 valence electrons. The molecule has 0 saturated heterocycles. The minimum atomic E-state index is -4.42. The molecule has 42 heavy (non-hydrogen) atoms. The van der Waals surface area contributed by atoms with E-state index in [2.05, 4.69) is 47.7 Å². The molecular formula is C25H21ClN8O6S2. The van der Waals surface area contributed by atoms with E-state index in [1.807, 2.05) is 0 Å². The minimum absolute atomic E-state index is 0.0496. The number of sulfone groups is 1. The van der Waals surface area contributed by atoms with Crippen LogP contribution in [0.5, 0.6) is 0 Å². The molecule has 4 aromatic rings. The average Bonchev–Trinajstić information content (AvgIpc) is 2.92. The standard InChI is InChI=1S/C25H21ClN8O6S2/c1-3-41(36,37)19-10-7-16(8-11-19)28-24-30-23(26)31-25(32-24)29-17-9-12-21(22(14-17)27-15(2)35)34-33-18-5-4-6-20(13-18)42(38,39)40/h3-14H,1H2,2H3,(H,27,35)(H,38,39,40)(H2,28,29,30,31,32)/b34-33+. The van der Waals surface area contributed by atoms with Crippen molar-refractivity contribution < 1.29 is 26.2 Å². The predicted molar refractivity (Wildman–Crippen MR) is 156 cm³/mol. The van der Waals surface area contributed by atoms with Crippen LogP contribution >= 0.6 is 11.6 Å². The highest BCUT2D eigenvalue weighted by molar-refractivity contribution is 7.94. The lowest BCUT2D eigenvalue weighted by Crippen LogP contribution is -2.07. The molecule has 0 fully saturated rings. The predicted octanol–water partition coefficient (Wildman–Crippen LogP) is 5.55. The van der Waals surface area contributed by atoms with Gasteiger partial charge in [-0.25, -0.2) is 8.42 Å². The van der Waals surface area contributed by atoms with E-state index >= 15 is 0 Å². The molecule has 1 heterocycles. The first-order valence-corrected chi connectivity index (χ1v) is 15.0. The second kappa shape index (κ2) is 12.4. The van der Waals surface area contributed by atoms with Crippen molar-refractivity contribution in [2.75, 3.05) is 16.0 Å². The van der Waals surface area contributed by atoms with Gasteiger partial charge in [0.2, 0.25) is 23.1 Å². The summed E-state index contributed by atoms with van der Waals surface area (Å²) in [6, 6.07) is 15.7. The van der Waals surface area contributed by atoms with E-state index in [1.165, 1.54) is 61.5 Å². The summed E-state index contributed by atoms with van der Waals surface area (Å²) >= 11 is 6.08. The largest absolute Gasteiger partial charge is 0.324 e. The molecule has 4 rings (SSSR count). The fraction of sp³-hybridized carbons (Fsp3) is 0.0400. The van der Waals surface area contributed by atoms with Gasteiger partial charge in [-0.2, -0.15) is 28.5 Å². The quantitative estimate of drug-likeness (QED) is 0.126. The van der Waals surface area contributed by atoms with Gasteiger partial charge in [0, 0.05) is 23.7 Å². The SMILES string of the molecule is C=CS(=O)(=O)c1ccc(Nc2nc(Cl)nc(Nc3ccc(/N=N/c4cccc(S(=O)(=O)O)c4)c(NC(C)=O)c3)n2)cc1. The summed E-state index contributed by atoms with van der Waals surface area (Å²) in [6.45, 7) is 4.61. The molecule has 0 radical (unpaired) electrons. The van der Waals surface area contributed by atoms with Crippen molar-refractivity contribution in [2.24, 2.45) is 10.2 Å². The number of nitrogens with one attached hydrogen (secondary N) is 3. The van der Waals surface area contributed by atoms with Gasteiger partial charge in [-0.05, 0) is 72.3 Å². The number of carbonyl (C=O) groups excluding carboxylic acids is 1. The number of hydrogen-bond acceptors (Lipinski definition) is 12. The van der Waals surface area contributed by atoms with Crippen LogP contribution in [0.2, 0.25) is 5.28 Å². The van der Waals surface area contributed by atoms with Crippen LogP contribution < -0.4 is 16.0 Å². The number of benzene rings is 3. The van der Waals surface area contributed by atoms with Crippen molar-refractivity contribution in [3.8, 4) is 0 Å². The maximum atomic E-state index is 11.9. The molecule has 0 aliphatic heterocycles. The van der Waals surface area contributed by atoms with E-state index in [0.29, 0.717) is 11.4 Å². The van der Waals surface area contributed by atoms with E-state index in [-0.39, 0.29) is 44.0 Å². The van der Waals surface area contributed by atoms with Crippen LogP contribution in [-0.2, 0) is 24.7 Å². The zero-order valence-electron chi connectivity index (χ0n) is 21.6. The number of anilines is 5. The molecule has 17 heteroatoms. The Labute approximate surface area is 245 Å². The van der Waals surface area contributed by atoms with Crippen LogP contribution in [-0.4, -0.2) is 42.2 Å². The number of nitrogens with zero attached hydrogens (tertiary/aromatic N) is 5. The van der Waals surface area contributed by atoms with Crippen LogP contribution in [0.15, 0.2) is 98.7 Å². The number of halogens is 1. The molecule has 0 aliphatic rings. The Morgan fingerprint density at radius 3 is 2.14 bits per heavy atom. The summed E-state index contributed by atoms with van der Waals surface area (Å²) in [5.41, 5.74) is 1.56. The van der Waals surface area contributed by atoms with Gasteiger partial charge in [-0.15, -0.1) is 5.11 Å². The lowest BCUT2D eigenvalue weighted by molar-refractivity contribution is -0.114. The smallest absolute Gasteiger partial charge is 0.294 e. The minimum Gasteiger partial charge on any atom is -0.324 e. The Morgan fingerprint density at radius 2 is 1.52 bits per heavy atom. The van der Waals surface area contributed by atoms with Crippen molar-refractivity contribution in [2.45, 2.75) is 16.7 Å². The fourth-order valence-corrected chi connectivity index (χ4v) is 4.74. The van der Waals surface area contributed by atoms with Crippen molar-refractivity contribution >= 4 is 77.8 Å². The summed E-state index contributed by atoms with van der Waals surface area (Å²) in [5, 5.41) is 17.3. The summed E-state index contributed by atoms with van der Waals surface area (Å²) < 4.78 is 55.9. The number of azo groups is 1. The first kappa shape index (κ1) is 30.2. The molecular weight excluding hydrogens is 608 g/mol. The molecule has 0 atom stereocenters. The molecule has 0 bridgehead atoms. The summed E-state index contributed by atoms with van der Waals surface area (Å²) in [5.74, 6) is -0.274. The zero-order valence-corrected chi connectivity index (χ0v) is 23.9. The third-order valence-electron chi connectivity index (χ3n) is 5.22. The van der Waals surface area contributed by atoms with E-state index in [1.54, 1.807) is 6.07 Å². The van der Waals surface area contributed by atoms with Crippen LogP contribution in [0.4, 0.5) is 40.3 Å². The number of carbonyl (C=O) groups is 1. The molecule has 14 nitrogen and oxygen atoms in total. The van der Waals surface area contributed by atoms with Gasteiger partial charge in [0.25, 0.3) is 10.1 Å². The Kier molecular flexibility index (Phi) is 8.91.